The third kappa shape index (κ3) is 3.76. The molecule has 1 N–H and O–H groups in total. The van der Waals surface area contributed by atoms with Crippen LogP contribution in [0.2, 0.25) is 0 Å². The fraction of sp³-hybridized carbons (Fsp3) is 0.579. The van der Waals surface area contributed by atoms with Crippen LogP contribution in [0.3, 0.4) is 0 Å². The molecule has 27 heavy (non-hydrogen) atoms. The normalized spacial score (nSPS) is 15.4. The molecular weight excluding hydrogens is 366 g/mol. The number of aromatic nitrogens is 2. The van der Waals surface area contributed by atoms with E-state index >= 15 is 0 Å². The average molecular weight is 391 g/mol. The van der Waals surface area contributed by atoms with Crippen LogP contribution < -0.4 is 5.56 Å². The Morgan fingerprint density at radius 3 is 2.59 bits per heavy atom. The molecule has 2 aromatic heterocycles. The van der Waals surface area contributed by atoms with Gasteiger partial charge in [-0.05, 0) is 12.8 Å². The number of hydrogen-bond acceptors (Lipinski definition) is 5. The third-order valence-electron chi connectivity index (χ3n) is 5.28. The molecule has 2 aromatic rings. The zero-order chi connectivity index (χ0) is 19.7. The number of fused-ring (bicyclic) bond motifs is 1. The summed E-state index contributed by atoms with van der Waals surface area (Å²) in [4.78, 5) is 44.0. The monoisotopic (exact) mass is 391 g/mol. The van der Waals surface area contributed by atoms with Gasteiger partial charge < -0.3 is 10.0 Å². The van der Waals surface area contributed by atoms with Gasteiger partial charge in [0.25, 0.3) is 5.56 Å². The van der Waals surface area contributed by atoms with Crippen LogP contribution in [0.5, 0.6) is 0 Å². The standard InChI is InChI=1S/C19H25N3O4S/c1-11(2)16-20-17-15(13(10-27-17)19(25)26)18(24)22(16)9-14(23)21(3)12-7-5-4-6-8-12/h10-12H,4-9H2,1-3H3,(H,25,26). The Kier molecular flexibility index (Phi) is 5.64. The van der Waals surface area contributed by atoms with Gasteiger partial charge in [0.2, 0.25) is 5.91 Å². The molecule has 0 saturated heterocycles. The summed E-state index contributed by atoms with van der Waals surface area (Å²) in [7, 11) is 1.79. The first kappa shape index (κ1) is 19.5. The van der Waals surface area contributed by atoms with Gasteiger partial charge in [-0.2, -0.15) is 0 Å². The SMILES string of the molecule is CC(C)c1nc2scc(C(=O)O)c2c(=O)n1CC(=O)N(C)C1CCCCC1. The van der Waals surface area contributed by atoms with Crippen LogP contribution >= 0.6 is 11.3 Å². The Labute approximate surface area is 161 Å². The Bertz CT molecular complexity index is 925. The quantitative estimate of drug-likeness (QED) is 0.846. The lowest BCUT2D eigenvalue weighted by Crippen LogP contribution is -2.42. The highest BCUT2D eigenvalue weighted by molar-refractivity contribution is 7.17. The maximum atomic E-state index is 13.1. The van der Waals surface area contributed by atoms with Gasteiger partial charge in [-0.15, -0.1) is 11.3 Å². The first-order chi connectivity index (χ1) is 12.8. The Balaban J connectivity index is 2.01. The predicted molar refractivity (Wildman–Crippen MR) is 105 cm³/mol. The van der Waals surface area contributed by atoms with E-state index in [1.54, 1.807) is 11.9 Å². The van der Waals surface area contributed by atoms with Gasteiger partial charge in [0.15, 0.2) is 0 Å². The van der Waals surface area contributed by atoms with Crippen molar-refractivity contribution in [2.45, 2.75) is 64.5 Å². The molecule has 146 valence electrons. The molecule has 0 atom stereocenters. The summed E-state index contributed by atoms with van der Waals surface area (Å²) < 4.78 is 1.35. The number of aromatic carboxylic acids is 1. The molecular formula is C19H25N3O4S. The van der Waals surface area contributed by atoms with E-state index in [9.17, 15) is 19.5 Å². The lowest BCUT2D eigenvalue weighted by atomic mass is 9.94. The predicted octanol–water partition coefficient (Wildman–Crippen LogP) is 3.07. The fourth-order valence-electron chi connectivity index (χ4n) is 3.71. The van der Waals surface area contributed by atoms with Crippen LogP contribution in [-0.4, -0.2) is 44.5 Å². The number of thiophene rings is 1. The van der Waals surface area contributed by atoms with Crippen LogP contribution in [0.25, 0.3) is 10.2 Å². The molecule has 1 aliphatic carbocycles. The summed E-state index contributed by atoms with van der Waals surface area (Å²) >= 11 is 1.14. The molecule has 0 bridgehead atoms. The number of hydrogen-bond donors (Lipinski definition) is 1. The summed E-state index contributed by atoms with van der Waals surface area (Å²) in [5.41, 5.74) is -0.502. The van der Waals surface area contributed by atoms with E-state index in [1.165, 1.54) is 16.4 Å². The number of carbonyl (C=O) groups is 2. The molecule has 8 heteroatoms. The van der Waals surface area contributed by atoms with Crippen molar-refractivity contribution >= 4 is 33.4 Å². The second kappa shape index (κ2) is 7.80. The highest BCUT2D eigenvalue weighted by Gasteiger charge is 2.25. The van der Waals surface area contributed by atoms with Crippen LogP contribution in [0.4, 0.5) is 0 Å². The van der Waals surface area contributed by atoms with E-state index in [1.807, 2.05) is 13.8 Å². The topological polar surface area (TPSA) is 92.5 Å². The lowest BCUT2D eigenvalue weighted by molar-refractivity contribution is -0.133. The molecule has 0 aromatic carbocycles. The third-order valence-corrected chi connectivity index (χ3v) is 6.15. The summed E-state index contributed by atoms with van der Waals surface area (Å²) in [6, 6.07) is 0.205. The minimum absolute atomic E-state index is 0.0513. The number of nitrogens with zero attached hydrogens (tertiary/aromatic N) is 3. The van der Waals surface area contributed by atoms with Crippen molar-refractivity contribution in [2.24, 2.45) is 0 Å². The van der Waals surface area contributed by atoms with Gasteiger partial charge in [-0.3, -0.25) is 14.2 Å². The molecule has 2 heterocycles. The number of rotatable bonds is 5. The van der Waals surface area contributed by atoms with Gasteiger partial charge in [-0.25, -0.2) is 9.78 Å². The second-order valence-electron chi connectivity index (χ2n) is 7.45. The van der Waals surface area contributed by atoms with Gasteiger partial charge >= 0.3 is 5.97 Å². The summed E-state index contributed by atoms with van der Waals surface area (Å²) in [6.45, 7) is 3.70. The number of carboxylic acid groups (broad SMARTS) is 1. The molecule has 1 fully saturated rings. The average Bonchev–Trinajstić information content (AvgIpc) is 3.08. The number of carbonyl (C=O) groups excluding carboxylic acids is 1. The van der Waals surface area contributed by atoms with Crippen molar-refractivity contribution in [1.29, 1.82) is 0 Å². The summed E-state index contributed by atoms with van der Waals surface area (Å²) in [6.07, 6.45) is 5.40. The molecule has 1 amide bonds. The second-order valence-corrected chi connectivity index (χ2v) is 8.31. The first-order valence-electron chi connectivity index (χ1n) is 9.32. The molecule has 0 radical (unpaired) electrons. The van der Waals surface area contributed by atoms with Crippen molar-refractivity contribution in [3.63, 3.8) is 0 Å². The van der Waals surface area contributed by atoms with Gasteiger partial charge in [-0.1, -0.05) is 33.1 Å². The maximum absolute atomic E-state index is 13.1. The van der Waals surface area contributed by atoms with Crippen molar-refractivity contribution < 1.29 is 14.7 Å². The molecule has 0 aliphatic heterocycles. The van der Waals surface area contributed by atoms with Crippen molar-refractivity contribution in [2.75, 3.05) is 7.05 Å². The smallest absolute Gasteiger partial charge is 0.337 e. The van der Waals surface area contributed by atoms with E-state index in [0.29, 0.717) is 10.7 Å². The Hall–Kier alpha value is -2.22. The van der Waals surface area contributed by atoms with Crippen LogP contribution in [-0.2, 0) is 11.3 Å². The molecule has 1 aliphatic rings. The highest BCUT2D eigenvalue weighted by Crippen LogP contribution is 2.25. The fourth-order valence-corrected chi connectivity index (χ4v) is 4.62. The van der Waals surface area contributed by atoms with E-state index in [4.69, 9.17) is 0 Å². The van der Waals surface area contributed by atoms with Gasteiger partial charge in [0.1, 0.15) is 17.2 Å². The summed E-state index contributed by atoms with van der Waals surface area (Å²) in [5, 5.41) is 10.9. The van der Waals surface area contributed by atoms with Crippen molar-refractivity contribution in [3.05, 3.63) is 27.1 Å². The van der Waals surface area contributed by atoms with Gasteiger partial charge in [0, 0.05) is 24.4 Å². The van der Waals surface area contributed by atoms with E-state index in [0.717, 1.165) is 37.0 Å². The zero-order valence-electron chi connectivity index (χ0n) is 15.9. The Morgan fingerprint density at radius 1 is 1.33 bits per heavy atom. The number of carboxylic acids is 1. The minimum atomic E-state index is -1.16. The molecule has 0 spiro atoms. The van der Waals surface area contributed by atoms with Crippen LogP contribution in [0, 0.1) is 0 Å². The molecule has 0 unspecified atom stereocenters. The van der Waals surface area contributed by atoms with Crippen LogP contribution in [0.1, 0.15) is 68.1 Å². The molecule has 7 nitrogen and oxygen atoms in total. The van der Waals surface area contributed by atoms with Crippen molar-refractivity contribution in [1.82, 2.24) is 14.5 Å². The van der Waals surface area contributed by atoms with E-state index in [2.05, 4.69) is 4.98 Å². The first-order valence-corrected chi connectivity index (χ1v) is 10.2. The van der Waals surface area contributed by atoms with Crippen molar-refractivity contribution in [3.8, 4) is 0 Å². The minimum Gasteiger partial charge on any atom is -0.478 e. The molecule has 3 rings (SSSR count). The highest BCUT2D eigenvalue weighted by atomic mass is 32.1. The summed E-state index contributed by atoms with van der Waals surface area (Å²) in [5.74, 6) is -0.851. The van der Waals surface area contributed by atoms with E-state index in [-0.39, 0.29) is 35.4 Å². The Morgan fingerprint density at radius 2 is 2.00 bits per heavy atom. The zero-order valence-corrected chi connectivity index (χ0v) is 16.7. The van der Waals surface area contributed by atoms with E-state index < -0.39 is 11.5 Å². The number of amides is 1. The van der Waals surface area contributed by atoms with Gasteiger partial charge in [0.05, 0.1) is 10.9 Å². The maximum Gasteiger partial charge on any atom is 0.337 e. The largest absolute Gasteiger partial charge is 0.478 e. The molecule has 1 saturated carbocycles. The lowest BCUT2D eigenvalue weighted by Gasteiger charge is -2.31. The number of likely N-dealkylation sites (N-methyl/N-ethyl adjacent to an activating group) is 1. The van der Waals surface area contributed by atoms with Crippen LogP contribution in [0.15, 0.2) is 10.2 Å².